The lowest BCUT2D eigenvalue weighted by Crippen LogP contribution is -2.37. The summed E-state index contributed by atoms with van der Waals surface area (Å²) in [5.41, 5.74) is 3.79. The van der Waals surface area contributed by atoms with E-state index in [2.05, 4.69) is 0 Å². The molecule has 0 aromatic heterocycles. The van der Waals surface area contributed by atoms with Crippen LogP contribution in [0.15, 0.2) is 42.5 Å². The molecular formula is C20H21ClN2O3S. The van der Waals surface area contributed by atoms with Crippen LogP contribution in [0.4, 0.5) is 10.5 Å². The second kappa shape index (κ2) is 6.53. The number of fused-ring (bicyclic) bond motifs is 1. The largest absolute Gasteiger partial charge is 0.325 e. The van der Waals surface area contributed by atoms with Gasteiger partial charge in [0.15, 0.2) is 9.84 Å². The summed E-state index contributed by atoms with van der Waals surface area (Å²) in [6.07, 6.45) is 0. The Bertz CT molecular complexity index is 984. The molecule has 2 aliphatic heterocycles. The van der Waals surface area contributed by atoms with Crippen molar-refractivity contribution >= 4 is 33.2 Å². The number of halogens is 1. The molecule has 2 saturated heterocycles. The van der Waals surface area contributed by atoms with Crippen molar-refractivity contribution in [3.05, 3.63) is 64.2 Å². The first-order chi connectivity index (χ1) is 12.7. The third-order valence-electron chi connectivity index (χ3n) is 5.23. The minimum atomic E-state index is -3.18. The Morgan fingerprint density at radius 2 is 1.59 bits per heavy atom. The van der Waals surface area contributed by atoms with Crippen molar-refractivity contribution in [1.82, 2.24) is 4.90 Å². The molecule has 0 unspecified atom stereocenters. The van der Waals surface area contributed by atoms with Crippen LogP contribution in [-0.4, -0.2) is 42.9 Å². The third-order valence-corrected chi connectivity index (χ3v) is 7.18. The Labute approximate surface area is 164 Å². The second-order valence-electron chi connectivity index (χ2n) is 7.46. The molecular weight excluding hydrogens is 384 g/mol. The number of amides is 2. The quantitative estimate of drug-likeness (QED) is 0.735. The van der Waals surface area contributed by atoms with Gasteiger partial charge in [-0.05, 0) is 54.8 Å². The van der Waals surface area contributed by atoms with Crippen molar-refractivity contribution in [3.8, 4) is 0 Å². The number of hydrogen-bond acceptors (Lipinski definition) is 3. The van der Waals surface area contributed by atoms with E-state index in [1.165, 1.54) is 0 Å². The van der Waals surface area contributed by atoms with Gasteiger partial charge in [-0.1, -0.05) is 29.8 Å². The van der Waals surface area contributed by atoms with Crippen LogP contribution in [-0.2, 0) is 16.4 Å². The summed E-state index contributed by atoms with van der Waals surface area (Å²) in [7, 11) is -3.18. The van der Waals surface area contributed by atoms with Gasteiger partial charge in [0.2, 0.25) is 0 Å². The van der Waals surface area contributed by atoms with Crippen LogP contribution in [0.5, 0.6) is 0 Å². The van der Waals surface area contributed by atoms with Gasteiger partial charge in [0.25, 0.3) is 0 Å². The number of hydrogen-bond donors (Lipinski definition) is 0. The van der Waals surface area contributed by atoms with Crippen molar-refractivity contribution in [2.45, 2.75) is 32.5 Å². The van der Waals surface area contributed by atoms with Crippen LogP contribution in [0.3, 0.4) is 0 Å². The van der Waals surface area contributed by atoms with Crippen LogP contribution in [0, 0.1) is 13.8 Å². The van der Waals surface area contributed by atoms with Crippen LogP contribution in [0.25, 0.3) is 0 Å². The highest BCUT2D eigenvalue weighted by atomic mass is 35.5. The van der Waals surface area contributed by atoms with Gasteiger partial charge in [0.05, 0.1) is 23.6 Å². The summed E-state index contributed by atoms with van der Waals surface area (Å²) in [5.74, 6) is 0.0197. The number of carbonyl (C=O) groups is 1. The summed E-state index contributed by atoms with van der Waals surface area (Å²) in [6.45, 7) is 4.32. The summed E-state index contributed by atoms with van der Waals surface area (Å²) >= 11 is 5.95. The molecule has 2 amide bonds. The molecule has 0 saturated carbocycles. The molecule has 0 aliphatic carbocycles. The Kier molecular flexibility index (Phi) is 4.43. The second-order valence-corrected chi connectivity index (χ2v) is 10.1. The first kappa shape index (κ1) is 18.3. The fraction of sp³-hybridized carbons (Fsp3) is 0.350. The lowest BCUT2D eigenvalue weighted by Gasteiger charge is -2.23. The van der Waals surface area contributed by atoms with Crippen molar-refractivity contribution < 1.29 is 13.2 Å². The van der Waals surface area contributed by atoms with E-state index in [1.807, 2.05) is 44.2 Å². The van der Waals surface area contributed by atoms with Crippen LogP contribution in [0.1, 0.15) is 16.7 Å². The van der Waals surface area contributed by atoms with Gasteiger partial charge in [-0.2, -0.15) is 0 Å². The molecule has 7 heteroatoms. The molecule has 142 valence electrons. The molecule has 2 atom stereocenters. The van der Waals surface area contributed by atoms with Gasteiger partial charge in [-0.15, -0.1) is 0 Å². The van der Waals surface area contributed by atoms with Gasteiger partial charge in [0, 0.05) is 17.3 Å². The number of benzene rings is 2. The van der Waals surface area contributed by atoms with Crippen molar-refractivity contribution in [2.75, 3.05) is 16.4 Å². The lowest BCUT2D eigenvalue weighted by molar-refractivity contribution is 0.206. The Morgan fingerprint density at radius 1 is 1.00 bits per heavy atom. The summed E-state index contributed by atoms with van der Waals surface area (Å²) in [6, 6.07) is 12.4. The van der Waals surface area contributed by atoms with Gasteiger partial charge in [0.1, 0.15) is 0 Å². The smallest absolute Gasteiger partial charge is 0.314 e. The zero-order valence-electron chi connectivity index (χ0n) is 15.2. The summed E-state index contributed by atoms with van der Waals surface area (Å²) in [5, 5.41) is 0.629. The van der Waals surface area contributed by atoms with E-state index >= 15 is 0 Å². The highest BCUT2D eigenvalue weighted by molar-refractivity contribution is 7.91. The number of carbonyl (C=O) groups excluding carboxylic acids is 1. The molecule has 0 radical (unpaired) electrons. The van der Waals surface area contributed by atoms with Crippen molar-refractivity contribution in [1.29, 1.82) is 0 Å². The van der Waals surface area contributed by atoms with Crippen LogP contribution >= 0.6 is 11.6 Å². The average Bonchev–Trinajstić information content (AvgIpc) is 2.99. The maximum absolute atomic E-state index is 13.3. The Morgan fingerprint density at radius 3 is 2.22 bits per heavy atom. The van der Waals surface area contributed by atoms with E-state index in [0.29, 0.717) is 11.6 Å². The molecule has 2 heterocycles. The summed E-state index contributed by atoms with van der Waals surface area (Å²) < 4.78 is 24.6. The van der Waals surface area contributed by atoms with Crippen molar-refractivity contribution in [3.63, 3.8) is 0 Å². The minimum Gasteiger partial charge on any atom is -0.314 e. The zero-order valence-corrected chi connectivity index (χ0v) is 16.8. The lowest BCUT2D eigenvalue weighted by atomic mass is 10.1. The van der Waals surface area contributed by atoms with Crippen LogP contribution < -0.4 is 4.90 Å². The number of aryl methyl sites for hydroxylation is 2. The van der Waals surface area contributed by atoms with E-state index in [0.717, 1.165) is 22.4 Å². The van der Waals surface area contributed by atoms with Gasteiger partial charge < -0.3 is 4.90 Å². The SMILES string of the molecule is Cc1cc(C)cc(N2C(=O)N(Cc3ccc(Cl)cc3)[C@@H]3CS(=O)(=O)C[C@H]32)c1. The van der Waals surface area contributed by atoms with E-state index in [4.69, 9.17) is 11.6 Å². The Balaban J connectivity index is 1.72. The van der Waals surface area contributed by atoms with Gasteiger partial charge in [-0.25, -0.2) is 13.2 Å². The van der Waals surface area contributed by atoms with Crippen molar-refractivity contribution in [2.24, 2.45) is 0 Å². The molecule has 2 fully saturated rings. The molecule has 2 aliphatic rings. The fourth-order valence-electron chi connectivity index (χ4n) is 4.14. The molecule has 0 N–H and O–H groups in total. The van der Waals surface area contributed by atoms with Gasteiger partial charge >= 0.3 is 6.03 Å². The number of nitrogens with zero attached hydrogens (tertiary/aromatic N) is 2. The number of anilines is 1. The number of urea groups is 1. The zero-order chi connectivity index (χ0) is 19.3. The van der Waals surface area contributed by atoms with Crippen LogP contribution in [0.2, 0.25) is 5.02 Å². The normalized spacial score (nSPS) is 23.7. The maximum Gasteiger partial charge on any atom is 0.325 e. The monoisotopic (exact) mass is 404 g/mol. The molecule has 2 aromatic rings. The highest BCUT2D eigenvalue weighted by Crippen LogP contribution is 2.36. The van der Waals surface area contributed by atoms with Gasteiger partial charge in [-0.3, -0.25) is 4.90 Å². The van der Waals surface area contributed by atoms with E-state index < -0.39 is 9.84 Å². The number of rotatable bonds is 3. The predicted octanol–water partition coefficient (Wildman–Crippen LogP) is 3.56. The molecule has 5 nitrogen and oxygen atoms in total. The molecule has 2 aromatic carbocycles. The standard InChI is InChI=1S/C20H21ClN2O3S/c1-13-7-14(2)9-17(8-13)23-19-12-27(25,26)11-18(19)22(20(23)24)10-15-3-5-16(21)6-4-15/h3-9,18-19H,10-12H2,1-2H3/t18-,19-/m1/s1. The minimum absolute atomic E-state index is 0.00745. The predicted molar refractivity (Wildman–Crippen MR) is 107 cm³/mol. The molecule has 0 bridgehead atoms. The first-order valence-corrected chi connectivity index (χ1v) is 11.1. The first-order valence-electron chi connectivity index (χ1n) is 8.86. The van der Waals surface area contributed by atoms with E-state index in [-0.39, 0.29) is 29.6 Å². The fourth-order valence-corrected chi connectivity index (χ4v) is 6.22. The molecule has 27 heavy (non-hydrogen) atoms. The summed E-state index contributed by atoms with van der Waals surface area (Å²) in [4.78, 5) is 16.6. The Hall–Kier alpha value is -2.05. The molecule has 4 rings (SSSR count). The topological polar surface area (TPSA) is 57.7 Å². The highest BCUT2D eigenvalue weighted by Gasteiger charge is 2.53. The average molecular weight is 405 g/mol. The third kappa shape index (κ3) is 3.44. The number of sulfone groups is 1. The van der Waals surface area contributed by atoms with E-state index in [9.17, 15) is 13.2 Å². The molecule has 0 spiro atoms. The van der Waals surface area contributed by atoms with E-state index in [1.54, 1.807) is 21.9 Å². The maximum atomic E-state index is 13.3.